The van der Waals surface area contributed by atoms with Crippen LogP contribution in [0.2, 0.25) is 0 Å². The van der Waals surface area contributed by atoms with Crippen LogP contribution in [-0.4, -0.2) is 62.2 Å². The maximum absolute atomic E-state index is 11.2. The fraction of sp³-hybridized carbons (Fsp3) is 0.556. The van der Waals surface area contributed by atoms with E-state index in [1.807, 2.05) is 24.2 Å². The summed E-state index contributed by atoms with van der Waals surface area (Å²) >= 11 is 0. The summed E-state index contributed by atoms with van der Waals surface area (Å²) in [5.41, 5.74) is 0.857. The molecule has 3 fully saturated rings. The largest absolute Gasteiger partial charge is 0.352 e. The molecular weight excluding hydrogens is 368 g/mol. The third kappa shape index (κ3) is 4.20. The van der Waals surface area contributed by atoms with Crippen molar-refractivity contribution < 1.29 is 13.6 Å². The molecule has 2 atom stereocenters. The minimum atomic E-state index is -2.25. The van der Waals surface area contributed by atoms with E-state index in [2.05, 4.69) is 25.3 Å². The Balaban J connectivity index is 0.000000336. The van der Waals surface area contributed by atoms with Gasteiger partial charge in [-0.2, -0.15) is 10.1 Å². The van der Waals surface area contributed by atoms with Crippen LogP contribution in [0.3, 0.4) is 0 Å². The molecule has 2 unspecified atom stereocenters. The Bertz CT molecular complexity index is 823. The van der Waals surface area contributed by atoms with Gasteiger partial charge in [0.2, 0.25) is 18.3 Å². The zero-order valence-corrected chi connectivity index (χ0v) is 15.6. The summed E-state index contributed by atoms with van der Waals surface area (Å²) in [5.74, 6) is -0.797. The first-order valence-electron chi connectivity index (χ1n) is 9.38. The Kier molecular flexibility index (Phi) is 4.86. The number of nitrogens with one attached hydrogen (secondary N) is 1. The SMILES string of the molecule is Cn1cc(Nc2nccc(N3CC4CCC(C3)N4C=O)n2)cn1.FC1(F)CC1. The smallest absolute Gasteiger partial charge is 0.248 e. The first kappa shape index (κ1) is 18.6. The fourth-order valence-electron chi connectivity index (χ4n) is 3.59. The molecule has 5 rings (SSSR count). The van der Waals surface area contributed by atoms with E-state index in [0.29, 0.717) is 18.0 Å². The Morgan fingerprint density at radius 1 is 1.25 bits per heavy atom. The van der Waals surface area contributed by atoms with Crippen molar-refractivity contribution in [2.24, 2.45) is 7.05 Å². The number of carbonyl (C=O) groups is 1. The molecule has 2 aromatic rings. The van der Waals surface area contributed by atoms with Gasteiger partial charge in [0, 0.05) is 57.5 Å². The lowest BCUT2D eigenvalue weighted by Gasteiger charge is -2.39. The van der Waals surface area contributed by atoms with Crippen molar-refractivity contribution in [3.63, 3.8) is 0 Å². The molecule has 1 saturated carbocycles. The van der Waals surface area contributed by atoms with E-state index in [9.17, 15) is 13.6 Å². The Hall–Kier alpha value is -2.78. The van der Waals surface area contributed by atoms with Gasteiger partial charge >= 0.3 is 0 Å². The van der Waals surface area contributed by atoms with Gasteiger partial charge in [-0.1, -0.05) is 0 Å². The van der Waals surface area contributed by atoms with Gasteiger partial charge in [0.25, 0.3) is 0 Å². The third-order valence-electron chi connectivity index (χ3n) is 5.21. The topological polar surface area (TPSA) is 79.2 Å². The minimum absolute atomic E-state index is 0.118. The molecular formula is C18H23F2N7O. The molecule has 2 bridgehead atoms. The molecule has 2 aromatic heterocycles. The predicted octanol–water partition coefficient (Wildman–Crippen LogP) is 2.18. The van der Waals surface area contributed by atoms with Crippen molar-refractivity contribution in [3.05, 3.63) is 24.7 Å². The molecule has 3 aliphatic rings. The number of hydrogen-bond donors (Lipinski definition) is 1. The van der Waals surface area contributed by atoms with Crippen LogP contribution in [0.25, 0.3) is 0 Å². The summed E-state index contributed by atoms with van der Waals surface area (Å²) in [4.78, 5) is 24.3. The Labute approximate surface area is 161 Å². The molecule has 4 heterocycles. The van der Waals surface area contributed by atoms with E-state index in [4.69, 9.17) is 0 Å². The number of aryl methyl sites for hydroxylation is 1. The van der Waals surface area contributed by atoms with Crippen LogP contribution in [0, 0.1) is 0 Å². The second-order valence-corrected chi connectivity index (χ2v) is 7.46. The fourth-order valence-corrected chi connectivity index (χ4v) is 3.59. The van der Waals surface area contributed by atoms with Gasteiger partial charge in [-0.25, -0.2) is 13.8 Å². The minimum Gasteiger partial charge on any atom is -0.352 e. The van der Waals surface area contributed by atoms with Crippen molar-refractivity contribution >= 4 is 23.9 Å². The Morgan fingerprint density at radius 2 is 1.93 bits per heavy atom. The molecule has 8 nitrogen and oxygen atoms in total. The molecule has 1 aliphatic carbocycles. The van der Waals surface area contributed by atoms with Crippen molar-refractivity contribution in [2.75, 3.05) is 23.3 Å². The zero-order valence-electron chi connectivity index (χ0n) is 15.6. The highest BCUT2D eigenvalue weighted by Gasteiger charge is 2.43. The zero-order chi connectivity index (χ0) is 19.7. The quantitative estimate of drug-likeness (QED) is 0.805. The number of hydrogen-bond acceptors (Lipinski definition) is 6. The van der Waals surface area contributed by atoms with Gasteiger partial charge in [0.15, 0.2) is 0 Å². The maximum Gasteiger partial charge on any atom is 0.248 e. The number of halogens is 2. The van der Waals surface area contributed by atoms with Crippen LogP contribution in [0.4, 0.5) is 26.2 Å². The van der Waals surface area contributed by atoms with Gasteiger partial charge in [0.1, 0.15) is 5.82 Å². The number of fused-ring (bicyclic) bond motifs is 2. The highest BCUT2D eigenvalue weighted by atomic mass is 19.3. The Morgan fingerprint density at radius 3 is 2.46 bits per heavy atom. The molecule has 1 N–H and O–H groups in total. The molecule has 0 radical (unpaired) electrons. The van der Waals surface area contributed by atoms with Crippen LogP contribution in [0.5, 0.6) is 0 Å². The maximum atomic E-state index is 11.2. The highest BCUT2D eigenvalue weighted by Crippen LogP contribution is 2.40. The third-order valence-corrected chi connectivity index (χ3v) is 5.21. The second-order valence-electron chi connectivity index (χ2n) is 7.46. The summed E-state index contributed by atoms with van der Waals surface area (Å²) in [6, 6.07) is 2.52. The van der Waals surface area contributed by atoms with Crippen LogP contribution in [-0.2, 0) is 11.8 Å². The number of anilines is 3. The predicted molar refractivity (Wildman–Crippen MR) is 99.6 cm³/mol. The number of alkyl halides is 2. The first-order valence-corrected chi connectivity index (χ1v) is 9.38. The van der Waals surface area contributed by atoms with Crippen molar-refractivity contribution in [1.82, 2.24) is 24.6 Å². The standard InChI is InChI=1S/C15H19N7O.C3H4F2/c1-20-7-11(6-17-20)18-15-16-5-4-14(19-15)21-8-12-2-3-13(9-21)22(12)10-23;4-3(5)1-2-3/h4-7,10,12-13H,2-3,8-9H2,1H3,(H,16,18,19);1-2H2. The summed E-state index contributed by atoms with van der Waals surface area (Å²) in [6.45, 7) is 1.66. The lowest BCUT2D eigenvalue weighted by atomic mass is 10.2. The lowest BCUT2D eigenvalue weighted by Crippen LogP contribution is -2.53. The van der Waals surface area contributed by atoms with Gasteiger partial charge in [0.05, 0.1) is 11.9 Å². The summed E-state index contributed by atoms with van der Waals surface area (Å²) < 4.78 is 24.0. The van der Waals surface area contributed by atoms with E-state index in [1.165, 1.54) is 0 Å². The average Bonchev–Trinajstić information content (AvgIpc) is 3.12. The van der Waals surface area contributed by atoms with E-state index in [1.54, 1.807) is 17.1 Å². The molecule has 28 heavy (non-hydrogen) atoms. The molecule has 2 aliphatic heterocycles. The summed E-state index contributed by atoms with van der Waals surface area (Å²) in [6.07, 6.45) is 8.75. The number of piperazine rings is 1. The molecule has 10 heteroatoms. The first-order chi connectivity index (χ1) is 13.4. The average molecular weight is 391 g/mol. The van der Waals surface area contributed by atoms with E-state index < -0.39 is 5.92 Å². The van der Waals surface area contributed by atoms with E-state index in [-0.39, 0.29) is 12.8 Å². The van der Waals surface area contributed by atoms with E-state index in [0.717, 1.165) is 43.8 Å². The number of amides is 1. The van der Waals surface area contributed by atoms with Crippen LogP contribution in [0.15, 0.2) is 24.7 Å². The van der Waals surface area contributed by atoms with Crippen molar-refractivity contribution in [1.29, 1.82) is 0 Å². The number of rotatable bonds is 4. The number of nitrogens with zero attached hydrogens (tertiary/aromatic N) is 6. The van der Waals surface area contributed by atoms with Gasteiger partial charge < -0.3 is 15.1 Å². The van der Waals surface area contributed by atoms with Crippen LogP contribution in [0.1, 0.15) is 25.7 Å². The monoisotopic (exact) mass is 391 g/mol. The van der Waals surface area contributed by atoms with Gasteiger partial charge in [-0.05, 0) is 18.9 Å². The molecule has 150 valence electrons. The molecule has 0 spiro atoms. The van der Waals surface area contributed by atoms with E-state index >= 15 is 0 Å². The van der Waals surface area contributed by atoms with Crippen molar-refractivity contribution in [2.45, 2.75) is 43.7 Å². The number of aromatic nitrogens is 4. The number of carbonyl (C=O) groups excluding carboxylic acids is 1. The highest BCUT2D eigenvalue weighted by molar-refractivity contribution is 5.55. The normalized spacial score (nSPS) is 24.4. The van der Waals surface area contributed by atoms with Crippen molar-refractivity contribution in [3.8, 4) is 0 Å². The van der Waals surface area contributed by atoms with Crippen LogP contribution < -0.4 is 10.2 Å². The summed E-state index contributed by atoms with van der Waals surface area (Å²) in [7, 11) is 1.87. The van der Waals surface area contributed by atoms with Gasteiger partial charge in [-0.3, -0.25) is 9.48 Å². The molecule has 2 saturated heterocycles. The summed E-state index contributed by atoms with van der Waals surface area (Å²) in [5, 5.41) is 7.28. The lowest BCUT2D eigenvalue weighted by molar-refractivity contribution is -0.121. The van der Waals surface area contributed by atoms with Gasteiger partial charge in [-0.15, -0.1) is 0 Å². The molecule has 1 amide bonds. The second kappa shape index (κ2) is 7.33. The van der Waals surface area contributed by atoms with Crippen LogP contribution >= 0.6 is 0 Å². The molecule has 0 aromatic carbocycles.